The first kappa shape index (κ1) is 21.8. The predicted molar refractivity (Wildman–Crippen MR) is 128 cm³/mol. The van der Waals surface area contributed by atoms with Gasteiger partial charge >= 0.3 is 5.69 Å². The van der Waals surface area contributed by atoms with Crippen molar-refractivity contribution in [3.05, 3.63) is 74.9 Å². The van der Waals surface area contributed by atoms with Gasteiger partial charge in [-0.2, -0.15) is 0 Å². The monoisotopic (exact) mass is 468 g/mol. The number of carbonyl (C=O) groups is 1. The molecule has 164 valence electrons. The van der Waals surface area contributed by atoms with Crippen LogP contribution in [0.25, 0.3) is 16.0 Å². The number of methoxy groups -OCH3 is 1. The summed E-state index contributed by atoms with van der Waals surface area (Å²) < 4.78 is 8.46. The lowest BCUT2D eigenvalue weighted by atomic mass is 10.2. The van der Waals surface area contributed by atoms with Crippen molar-refractivity contribution < 1.29 is 9.53 Å². The zero-order valence-corrected chi connectivity index (χ0v) is 19.3. The second kappa shape index (κ2) is 9.01. The van der Waals surface area contributed by atoms with Crippen LogP contribution in [0.3, 0.4) is 0 Å². The lowest BCUT2D eigenvalue weighted by Crippen LogP contribution is -2.40. The maximum absolute atomic E-state index is 13.4. The maximum atomic E-state index is 13.4. The summed E-state index contributed by atoms with van der Waals surface area (Å²) in [6.45, 7) is 1.63. The molecule has 2 aromatic heterocycles. The van der Waals surface area contributed by atoms with Crippen LogP contribution in [-0.4, -0.2) is 33.4 Å². The van der Waals surface area contributed by atoms with Crippen LogP contribution >= 0.6 is 23.1 Å². The molecule has 0 saturated carbocycles. The number of fused-ring (bicyclic) bond motifs is 1. The molecule has 0 aliphatic carbocycles. The van der Waals surface area contributed by atoms with Gasteiger partial charge in [0.25, 0.3) is 5.56 Å². The minimum absolute atomic E-state index is 0.207. The van der Waals surface area contributed by atoms with Crippen LogP contribution in [0.5, 0.6) is 5.75 Å². The van der Waals surface area contributed by atoms with Crippen LogP contribution < -0.4 is 21.3 Å². The zero-order chi connectivity index (χ0) is 22.8. The third-order valence-corrected chi connectivity index (χ3v) is 6.80. The molecule has 10 heteroatoms. The fourth-order valence-electron chi connectivity index (χ4n) is 3.21. The average Bonchev–Trinajstić information content (AvgIpc) is 3.23. The molecule has 0 atom stereocenters. The molecule has 0 aliphatic rings. The standard InChI is InChI=1S/C22H20N4O4S2/c1-13-7-9-15(10-8-13)26-20(28)18-19(24-21(31-3)32-18)25(22(26)29)12-17(27)23-14-5-4-6-16(11-14)30-2/h4-11H,12H2,1-3H3,(H,23,27). The largest absolute Gasteiger partial charge is 0.497 e. The number of nitrogens with one attached hydrogen (secondary N) is 1. The lowest BCUT2D eigenvalue weighted by molar-refractivity contribution is -0.116. The molecule has 0 radical (unpaired) electrons. The molecule has 32 heavy (non-hydrogen) atoms. The van der Waals surface area contributed by atoms with Gasteiger partial charge in [-0.05, 0) is 37.4 Å². The fourth-order valence-corrected chi connectivity index (χ4v) is 4.70. The summed E-state index contributed by atoms with van der Waals surface area (Å²) in [5.74, 6) is 0.175. The Bertz CT molecular complexity index is 1420. The van der Waals surface area contributed by atoms with E-state index in [4.69, 9.17) is 4.74 Å². The maximum Gasteiger partial charge on any atom is 0.337 e. The normalized spacial score (nSPS) is 11.0. The Morgan fingerprint density at radius 2 is 1.94 bits per heavy atom. The van der Waals surface area contributed by atoms with E-state index in [-0.39, 0.29) is 12.2 Å². The van der Waals surface area contributed by atoms with Crippen molar-refractivity contribution >= 4 is 45.0 Å². The topological polar surface area (TPSA) is 95.2 Å². The highest BCUT2D eigenvalue weighted by Gasteiger charge is 2.20. The van der Waals surface area contributed by atoms with Crippen LogP contribution in [0.15, 0.2) is 62.5 Å². The van der Waals surface area contributed by atoms with E-state index in [1.165, 1.54) is 34.8 Å². The number of thioether (sulfide) groups is 1. The van der Waals surface area contributed by atoms with Gasteiger partial charge in [-0.3, -0.25) is 14.2 Å². The van der Waals surface area contributed by atoms with Crippen LogP contribution in [0, 0.1) is 6.92 Å². The van der Waals surface area contributed by atoms with E-state index < -0.39 is 17.2 Å². The highest BCUT2D eigenvalue weighted by Crippen LogP contribution is 2.25. The van der Waals surface area contributed by atoms with E-state index >= 15 is 0 Å². The number of hydrogen-bond acceptors (Lipinski definition) is 7. The van der Waals surface area contributed by atoms with Gasteiger partial charge < -0.3 is 10.1 Å². The lowest BCUT2D eigenvalue weighted by Gasteiger charge is -2.12. The number of anilines is 1. The second-order valence-electron chi connectivity index (χ2n) is 6.96. The summed E-state index contributed by atoms with van der Waals surface area (Å²) in [6, 6.07) is 14.0. The number of benzene rings is 2. The Balaban J connectivity index is 1.81. The van der Waals surface area contributed by atoms with E-state index in [1.807, 2.05) is 25.3 Å². The molecule has 0 unspecified atom stereocenters. The van der Waals surface area contributed by atoms with E-state index in [2.05, 4.69) is 10.3 Å². The minimum atomic E-state index is -0.620. The van der Waals surface area contributed by atoms with Crippen molar-refractivity contribution in [3.8, 4) is 11.4 Å². The van der Waals surface area contributed by atoms with Gasteiger partial charge in [0.15, 0.2) is 9.99 Å². The molecule has 2 aromatic carbocycles. The SMILES string of the molecule is COc1cccc(NC(=O)Cn2c(=O)n(-c3ccc(C)cc3)c(=O)c3sc(SC)nc32)c1. The Hall–Kier alpha value is -3.37. The second-order valence-corrected chi connectivity index (χ2v) is 9.01. The van der Waals surface area contributed by atoms with E-state index in [0.29, 0.717) is 26.2 Å². The molecule has 1 amide bonds. The summed E-state index contributed by atoms with van der Waals surface area (Å²) in [6.07, 6.45) is 1.84. The molecule has 0 saturated heterocycles. The van der Waals surface area contributed by atoms with Crippen LogP contribution in [0.1, 0.15) is 5.56 Å². The summed E-state index contributed by atoms with van der Waals surface area (Å²) in [5, 5.41) is 2.76. The number of thiazole rings is 1. The molecular weight excluding hydrogens is 448 g/mol. The van der Waals surface area contributed by atoms with E-state index in [0.717, 1.165) is 10.1 Å². The van der Waals surface area contributed by atoms with Gasteiger partial charge in [0.1, 0.15) is 17.0 Å². The van der Waals surface area contributed by atoms with Crippen molar-refractivity contribution in [1.82, 2.24) is 14.1 Å². The summed E-state index contributed by atoms with van der Waals surface area (Å²) in [4.78, 5) is 43.7. The Kier molecular flexibility index (Phi) is 6.15. The van der Waals surface area contributed by atoms with Gasteiger partial charge in [-0.15, -0.1) is 11.3 Å². The Morgan fingerprint density at radius 3 is 2.62 bits per heavy atom. The van der Waals surface area contributed by atoms with Crippen LogP contribution in [0.4, 0.5) is 5.69 Å². The molecule has 0 aliphatic heterocycles. The Morgan fingerprint density at radius 1 is 1.19 bits per heavy atom. The third kappa shape index (κ3) is 4.19. The molecule has 1 N–H and O–H groups in total. The van der Waals surface area contributed by atoms with Crippen molar-refractivity contribution in [2.45, 2.75) is 17.8 Å². The smallest absolute Gasteiger partial charge is 0.337 e. The van der Waals surface area contributed by atoms with Crippen LogP contribution in [0.2, 0.25) is 0 Å². The first-order valence-electron chi connectivity index (χ1n) is 9.62. The summed E-state index contributed by atoms with van der Waals surface area (Å²) >= 11 is 2.58. The Labute approximate surface area is 191 Å². The van der Waals surface area contributed by atoms with Gasteiger partial charge in [0.2, 0.25) is 5.91 Å². The number of aryl methyl sites for hydroxylation is 1. The van der Waals surface area contributed by atoms with Gasteiger partial charge in [-0.25, -0.2) is 14.3 Å². The van der Waals surface area contributed by atoms with Crippen molar-refractivity contribution in [2.24, 2.45) is 0 Å². The number of amides is 1. The molecule has 4 rings (SSSR count). The highest BCUT2D eigenvalue weighted by atomic mass is 32.2. The van der Waals surface area contributed by atoms with Crippen molar-refractivity contribution in [3.63, 3.8) is 0 Å². The molecule has 2 heterocycles. The fraction of sp³-hybridized carbons (Fsp3) is 0.182. The van der Waals surface area contributed by atoms with E-state index in [1.54, 1.807) is 36.4 Å². The minimum Gasteiger partial charge on any atom is -0.497 e. The number of rotatable bonds is 6. The molecular formula is C22H20N4O4S2. The average molecular weight is 469 g/mol. The van der Waals surface area contributed by atoms with Crippen molar-refractivity contribution in [1.29, 1.82) is 0 Å². The molecule has 0 fully saturated rings. The number of nitrogens with zero attached hydrogens (tertiary/aromatic N) is 3. The predicted octanol–water partition coefficient (Wildman–Crippen LogP) is 3.29. The quantitative estimate of drug-likeness (QED) is 0.437. The van der Waals surface area contributed by atoms with E-state index in [9.17, 15) is 14.4 Å². The number of aromatic nitrogens is 3. The zero-order valence-electron chi connectivity index (χ0n) is 17.6. The number of hydrogen-bond donors (Lipinski definition) is 1. The number of carbonyl (C=O) groups excluding carboxylic acids is 1. The van der Waals surface area contributed by atoms with Crippen LogP contribution in [-0.2, 0) is 11.3 Å². The first-order chi connectivity index (χ1) is 15.4. The summed E-state index contributed by atoms with van der Waals surface area (Å²) in [5.41, 5.74) is 1.12. The highest BCUT2D eigenvalue weighted by molar-refractivity contribution is 8.00. The van der Waals surface area contributed by atoms with Gasteiger partial charge in [0, 0.05) is 11.8 Å². The van der Waals surface area contributed by atoms with Gasteiger partial charge in [0.05, 0.1) is 12.8 Å². The van der Waals surface area contributed by atoms with Gasteiger partial charge in [-0.1, -0.05) is 35.5 Å². The molecule has 4 aromatic rings. The summed E-state index contributed by atoms with van der Waals surface area (Å²) in [7, 11) is 1.54. The molecule has 8 nitrogen and oxygen atoms in total. The van der Waals surface area contributed by atoms with Crippen molar-refractivity contribution in [2.75, 3.05) is 18.7 Å². The molecule has 0 spiro atoms. The first-order valence-corrected chi connectivity index (χ1v) is 11.7. The number of ether oxygens (including phenoxy) is 1. The third-order valence-electron chi connectivity index (χ3n) is 4.79. The molecule has 0 bridgehead atoms.